The normalized spacial score (nSPS) is 12.7. The lowest BCUT2D eigenvalue weighted by atomic mass is 9.84. The molecule has 0 unspecified atom stereocenters. The molecule has 0 saturated heterocycles. The van der Waals surface area contributed by atoms with E-state index in [-0.39, 0.29) is 21.8 Å². The highest BCUT2D eigenvalue weighted by Crippen LogP contribution is 2.41. The molecule has 0 aliphatic carbocycles. The number of halogens is 1. The van der Waals surface area contributed by atoms with Crippen molar-refractivity contribution >= 4 is 20.9 Å². The number of fused-ring (bicyclic) bond motifs is 1. The zero-order valence-corrected chi connectivity index (χ0v) is 16.1. The quantitative estimate of drug-likeness (QED) is 0.706. The Bertz CT molecular complexity index is 1130. The number of imidazole rings is 1. The predicted molar refractivity (Wildman–Crippen MR) is 99.7 cm³/mol. The van der Waals surface area contributed by atoms with Gasteiger partial charge in [-0.25, -0.2) is 17.8 Å². The van der Waals surface area contributed by atoms with Gasteiger partial charge in [0.25, 0.3) is 0 Å². The molecule has 0 saturated carbocycles. The first kappa shape index (κ1) is 18.4. The largest absolute Gasteiger partial charge is 0.507 e. The van der Waals surface area contributed by atoms with Crippen molar-refractivity contribution in [2.75, 3.05) is 6.26 Å². The Morgan fingerprint density at radius 2 is 1.85 bits per heavy atom. The first-order valence-electron chi connectivity index (χ1n) is 8.12. The summed E-state index contributed by atoms with van der Waals surface area (Å²) in [7, 11) is -3.36. The van der Waals surface area contributed by atoms with Crippen LogP contribution in [0.1, 0.15) is 31.9 Å². The number of H-pyrrole nitrogens is 1. The van der Waals surface area contributed by atoms with Gasteiger partial charge in [-0.15, -0.1) is 0 Å². The Morgan fingerprint density at radius 3 is 2.42 bits per heavy atom. The van der Waals surface area contributed by atoms with E-state index in [1.54, 1.807) is 13.0 Å². The molecule has 0 aliphatic rings. The highest BCUT2D eigenvalue weighted by molar-refractivity contribution is 7.90. The Hall–Kier alpha value is -2.41. The molecule has 3 rings (SSSR count). The third-order valence-corrected chi connectivity index (χ3v) is 5.53. The van der Waals surface area contributed by atoms with Crippen LogP contribution in [0.2, 0.25) is 0 Å². The SMILES string of the molecule is Cc1c(F)cc(C(C)(C)C)c(O)c1-c1nc2cc(S(C)(=O)=O)ccc2[nH]1. The van der Waals surface area contributed by atoms with Gasteiger partial charge < -0.3 is 10.1 Å². The van der Waals surface area contributed by atoms with Crippen molar-refractivity contribution in [3.63, 3.8) is 0 Å². The van der Waals surface area contributed by atoms with E-state index in [0.717, 1.165) is 6.26 Å². The lowest BCUT2D eigenvalue weighted by Crippen LogP contribution is -2.13. The summed E-state index contributed by atoms with van der Waals surface area (Å²) in [6.45, 7) is 7.23. The van der Waals surface area contributed by atoms with Crippen LogP contribution in [0, 0.1) is 12.7 Å². The van der Waals surface area contributed by atoms with Crippen molar-refractivity contribution in [1.82, 2.24) is 9.97 Å². The third kappa shape index (κ3) is 3.07. The van der Waals surface area contributed by atoms with E-state index in [2.05, 4.69) is 9.97 Å². The number of rotatable bonds is 2. The number of phenols is 1. The number of nitrogens with one attached hydrogen (secondary N) is 1. The Balaban J connectivity index is 2.28. The smallest absolute Gasteiger partial charge is 0.175 e. The number of aromatic hydroxyl groups is 1. The topological polar surface area (TPSA) is 83.1 Å². The summed E-state index contributed by atoms with van der Waals surface area (Å²) in [6.07, 6.45) is 1.12. The molecule has 0 radical (unpaired) electrons. The Labute approximate surface area is 151 Å². The van der Waals surface area contributed by atoms with Gasteiger partial charge >= 0.3 is 0 Å². The molecule has 0 amide bonds. The van der Waals surface area contributed by atoms with Crippen LogP contribution in [0.25, 0.3) is 22.4 Å². The van der Waals surface area contributed by atoms with E-state index in [1.165, 1.54) is 18.2 Å². The minimum atomic E-state index is -3.36. The van der Waals surface area contributed by atoms with Crippen LogP contribution < -0.4 is 0 Å². The number of aromatic amines is 1. The minimum absolute atomic E-state index is 0.0289. The number of phenolic OH excluding ortho intramolecular Hbond substituents is 1. The van der Waals surface area contributed by atoms with Crippen LogP contribution in [-0.2, 0) is 15.3 Å². The van der Waals surface area contributed by atoms with Crippen molar-refractivity contribution in [1.29, 1.82) is 0 Å². The molecule has 2 N–H and O–H groups in total. The summed E-state index contributed by atoms with van der Waals surface area (Å²) < 4.78 is 37.9. The van der Waals surface area contributed by atoms with Crippen molar-refractivity contribution in [3.05, 3.63) is 41.2 Å². The summed E-state index contributed by atoms with van der Waals surface area (Å²) in [6, 6.07) is 5.90. The zero-order chi connectivity index (χ0) is 19.4. The number of sulfone groups is 1. The van der Waals surface area contributed by atoms with Crippen LogP contribution in [0.3, 0.4) is 0 Å². The van der Waals surface area contributed by atoms with E-state index in [0.29, 0.717) is 22.4 Å². The summed E-state index contributed by atoms with van der Waals surface area (Å²) in [5.41, 5.74) is 1.62. The van der Waals surface area contributed by atoms with E-state index < -0.39 is 21.1 Å². The maximum atomic E-state index is 14.5. The fraction of sp³-hybridized carbons (Fsp3) is 0.316. The van der Waals surface area contributed by atoms with E-state index in [1.807, 2.05) is 20.8 Å². The third-order valence-electron chi connectivity index (χ3n) is 4.42. The molecule has 0 fully saturated rings. The van der Waals surface area contributed by atoms with Gasteiger partial charge in [0.05, 0.1) is 21.5 Å². The van der Waals surface area contributed by atoms with Crippen LogP contribution in [0.15, 0.2) is 29.2 Å². The Morgan fingerprint density at radius 1 is 1.19 bits per heavy atom. The van der Waals surface area contributed by atoms with Gasteiger partial charge in [0, 0.05) is 11.8 Å². The van der Waals surface area contributed by atoms with Crippen molar-refractivity contribution in [2.45, 2.75) is 38.0 Å². The van der Waals surface area contributed by atoms with Crippen molar-refractivity contribution < 1.29 is 17.9 Å². The fourth-order valence-corrected chi connectivity index (χ4v) is 3.57. The molecule has 1 heterocycles. The summed E-state index contributed by atoms with van der Waals surface area (Å²) in [5, 5.41) is 10.8. The molecule has 0 bridgehead atoms. The number of hydrogen-bond acceptors (Lipinski definition) is 4. The minimum Gasteiger partial charge on any atom is -0.507 e. The second-order valence-corrected chi connectivity index (χ2v) is 9.56. The fourth-order valence-electron chi connectivity index (χ4n) is 2.93. The first-order valence-corrected chi connectivity index (χ1v) is 10.0. The molecule has 0 spiro atoms. The standard InChI is InChI=1S/C19H21FN2O3S/c1-10-13(20)9-12(19(2,3)4)17(23)16(10)18-21-14-7-6-11(26(5,24)25)8-15(14)22-18/h6-9,23H,1-5H3,(H,21,22). The first-order chi connectivity index (χ1) is 11.9. The highest BCUT2D eigenvalue weighted by atomic mass is 32.2. The molecule has 0 atom stereocenters. The summed E-state index contributed by atoms with van der Waals surface area (Å²) >= 11 is 0. The van der Waals surface area contributed by atoms with Crippen LogP contribution >= 0.6 is 0 Å². The van der Waals surface area contributed by atoms with Gasteiger partial charge in [0.15, 0.2) is 9.84 Å². The van der Waals surface area contributed by atoms with E-state index >= 15 is 0 Å². The van der Waals surface area contributed by atoms with Gasteiger partial charge in [-0.1, -0.05) is 20.8 Å². The van der Waals surface area contributed by atoms with E-state index in [4.69, 9.17) is 0 Å². The molecule has 26 heavy (non-hydrogen) atoms. The molecular formula is C19H21FN2O3S. The summed E-state index contributed by atoms with van der Waals surface area (Å²) in [4.78, 5) is 7.59. The van der Waals surface area contributed by atoms with Crippen LogP contribution in [-0.4, -0.2) is 29.7 Å². The van der Waals surface area contributed by atoms with Gasteiger partial charge in [-0.2, -0.15) is 0 Å². The molecular weight excluding hydrogens is 355 g/mol. The molecule has 3 aromatic rings. The maximum Gasteiger partial charge on any atom is 0.175 e. The average Bonchev–Trinajstić information content (AvgIpc) is 2.91. The van der Waals surface area contributed by atoms with Crippen molar-refractivity contribution in [2.24, 2.45) is 0 Å². The van der Waals surface area contributed by atoms with Crippen molar-refractivity contribution in [3.8, 4) is 17.1 Å². The lowest BCUT2D eigenvalue weighted by molar-refractivity contribution is 0.444. The van der Waals surface area contributed by atoms with E-state index in [9.17, 15) is 17.9 Å². The second-order valence-electron chi connectivity index (χ2n) is 7.54. The number of aromatic nitrogens is 2. The molecule has 5 nitrogen and oxygen atoms in total. The van der Waals surface area contributed by atoms with Gasteiger partial charge in [0.1, 0.15) is 17.4 Å². The van der Waals surface area contributed by atoms with Crippen LogP contribution in [0.5, 0.6) is 5.75 Å². The lowest BCUT2D eigenvalue weighted by Gasteiger charge is -2.23. The molecule has 2 aromatic carbocycles. The zero-order valence-electron chi connectivity index (χ0n) is 15.3. The summed E-state index contributed by atoms with van der Waals surface area (Å²) in [5.74, 6) is -0.163. The predicted octanol–water partition coefficient (Wildman–Crippen LogP) is 4.08. The number of hydrogen-bond donors (Lipinski definition) is 2. The highest BCUT2D eigenvalue weighted by Gasteiger charge is 2.26. The van der Waals surface area contributed by atoms with Gasteiger partial charge in [0.2, 0.25) is 0 Å². The second kappa shape index (κ2) is 5.81. The molecule has 7 heteroatoms. The number of benzene rings is 2. The van der Waals surface area contributed by atoms with Gasteiger partial charge in [-0.05, 0) is 42.2 Å². The monoisotopic (exact) mass is 376 g/mol. The van der Waals surface area contributed by atoms with Crippen LogP contribution in [0.4, 0.5) is 4.39 Å². The van der Waals surface area contributed by atoms with Gasteiger partial charge in [-0.3, -0.25) is 0 Å². The number of nitrogens with zero attached hydrogens (tertiary/aromatic N) is 1. The maximum absolute atomic E-state index is 14.5. The molecule has 138 valence electrons. The Kier molecular flexibility index (Phi) is 4.10. The molecule has 0 aliphatic heterocycles. The molecule has 1 aromatic heterocycles. The average molecular weight is 376 g/mol.